The van der Waals surface area contributed by atoms with E-state index in [1.165, 1.54) is 12.0 Å². The Labute approximate surface area is 145 Å². The summed E-state index contributed by atoms with van der Waals surface area (Å²) in [6, 6.07) is 14.6. The number of hydrogen-bond acceptors (Lipinski definition) is 5. The summed E-state index contributed by atoms with van der Waals surface area (Å²) < 4.78 is 9.73. The molecule has 0 unspecified atom stereocenters. The lowest BCUT2D eigenvalue weighted by Crippen LogP contribution is -2.12. The molecule has 5 heteroatoms. The summed E-state index contributed by atoms with van der Waals surface area (Å²) in [5.74, 6) is -0.0392. The summed E-state index contributed by atoms with van der Waals surface area (Å²) in [7, 11) is 1.30. The van der Waals surface area contributed by atoms with Gasteiger partial charge in [0.1, 0.15) is 5.75 Å². The number of esters is 1. The maximum Gasteiger partial charge on any atom is 0.343 e. The Morgan fingerprint density at radius 2 is 1.71 bits per heavy atom. The summed E-state index contributed by atoms with van der Waals surface area (Å²) in [6.45, 7) is -0.157. The van der Waals surface area contributed by atoms with Crippen LogP contribution in [-0.2, 0) is 9.53 Å². The van der Waals surface area contributed by atoms with Crippen LogP contribution in [-0.4, -0.2) is 31.7 Å². The SMILES string of the molecule is COC(=O)COc1ccc(C(=O)C=Cc2ccc(SC)cc2)cc1. The molecular weight excluding hydrogens is 324 g/mol. The fourth-order valence-electron chi connectivity index (χ4n) is 1.90. The van der Waals surface area contributed by atoms with Gasteiger partial charge in [-0.1, -0.05) is 18.2 Å². The minimum absolute atomic E-state index is 0.0940. The zero-order chi connectivity index (χ0) is 17.4. The van der Waals surface area contributed by atoms with E-state index in [-0.39, 0.29) is 12.4 Å². The van der Waals surface area contributed by atoms with E-state index in [0.717, 1.165) is 5.56 Å². The Balaban J connectivity index is 1.96. The van der Waals surface area contributed by atoms with Crippen LogP contribution in [0.5, 0.6) is 5.75 Å². The second kappa shape index (κ2) is 8.93. The average Bonchev–Trinajstić information content (AvgIpc) is 2.64. The van der Waals surface area contributed by atoms with Crippen LogP contribution in [0, 0.1) is 0 Å². The molecule has 4 nitrogen and oxygen atoms in total. The number of thioether (sulfide) groups is 1. The topological polar surface area (TPSA) is 52.6 Å². The van der Waals surface area contributed by atoms with Crippen LogP contribution >= 0.6 is 11.8 Å². The number of allylic oxidation sites excluding steroid dienone is 1. The van der Waals surface area contributed by atoms with Crippen molar-refractivity contribution in [2.75, 3.05) is 20.0 Å². The van der Waals surface area contributed by atoms with Crippen molar-refractivity contribution < 1.29 is 19.1 Å². The summed E-state index contributed by atoms with van der Waals surface area (Å²) >= 11 is 1.68. The number of hydrogen-bond donors (Lipinski definition) is 0. The van der Waals surface area contributed by atoms with Gasteiger partial charge in [-0.15, -0.1) is 11.8 Å². The number of ketones is 1. The molecule has 0 saturated carbocycles. The summed E-state index contributed by atoms with van der Waals surface area (Å²) in [6.07, 6.45) is 5.35. The van der Waals surface area contributed by atoms with Crippen LogP contribution in [0.4, 0.5) is 0 Å². The van der Waals surface area contributed by atoms with Crippen LogP contribution in [0.25, 0.3) is 6.08 Å². The highest BCUT2D eigenvalue weighted by atomic mass is 32.2. The van der Waals surface area contributed by atoms with Gasteiger partial charge in [0, 0.05) is 10.5 Å². The molecule has 24 heavy (non-hydrogen) atoms. The van der Waals surface area contributed by atoms with E-state index in [9.17, 15) is 9.59 Å². The summed E-state index contributed by atoms with van der Waals surface area (Å²) in [5, 5.41) is 0. The molecular formula is C19H18O4S. The molecule has 0 aliphatic rings. The number of carbonyl (C=O) groups excluding carboxylic acids is 2. The Bertz CT molecular complexity index is 718. The van der Waals surface area contributed by atoms with Gasteiger partial charge in [-0.2, -0.15) is 0 Å². The van der Waals surface area contributed by atoms with Crippen molar-refractivity contribution in [2.24, 2.45) is 0 Å². The number of benzene rings is 2. The first-order chi connectivity index (χ1) is 11.6. The fraction of sp³-hybridized carbons (Fsp3) is 0.158. The van der Waals surface area contributed by atoms with Gasteiger partial charge < -0.3 is 9.47 Å². The van der Waals surface area contributed by atoms with E-state index in [4.69, 9.17) is 4.74 Å². The lowest BCUT2D eigenvalue weighted by molar-refractivity contribution is -0.142. The van der Waals surface area contributed by atoms with Crippen molar-refractivity contribution in [1.29, 1.82) is 0 Å². The number of carbonyl (C=O) groups is 2. The van der Waals surface area contributed by atoms with Crippen LogP contribution in [0.2, 0.25) is 0 Å². The smallest absolute Gasteiger partial charge is 0.343 e. The van der Waals surface area contributed by atoms with Gasteiger partial charge in [-0.3, -0.25) is 4.79 Å². The largest absolute Gasteiger partial charge is 0.482 e. The van der Waals surface area contributed by atoms with Gasteiger partial charge in [0.25, 0.3) is 0 Å². The van der Waals surface area contributed by atoms with E-state index in [1.54, 1.807) is 48.2 Å². The van der Waals surface area contributed by atoms with Crippen LogP contribution < -0.4 is 4.74 Å². The molecule has 0 saturated heterocycles. The number of rotatable bonds is 7. The minimum Gasteiger partial charge on any atom is -0.482 e. The van der Waals surface area contributed by atoms with Gasteiger partial charge in [-0.25, -0.2) is 4.79 Å². The molecule has 0 fully saturated rings. The molecule has 0 bridgehead atoms. The minimum atomic E-state index is -0.453. The highest BCUT2D eigenvalue weighted by Gasteiger charge is 2.04. The van der Waals surface area contributed by atoms with Crippen molar-refractivity contribution in [1.82, 2.24) is 0 Å². The molecule has 2 aromatic carbocycles. The van der Waals surface area contributed by atoms with Crippen molar-refractivity contribution in [2.45, 2.75) is 4.90 Å². The molecule has 0 aliphatic carbocycles. The first kappa shape index (κ1) is 17.8. The van der Waals surface area contributed by atoms with E-state index < -0.39 is 5.97 Å². The second-order valence-corrected chi connectivity index (χ2v) is 5.74. The lowest BCUT2D eigenvalue weighted by atomic mass is 10.1. The Morgan fingerprint density at radius 1 is 1.04 bits per heavy atom. The number of ether oxygens (including phenoxy) is 2. The predicted molar refractivity (Wildman–Crippen MR) is 95.5 cm³/mol. The number of methoxy groups -OCH3 is 1. The van der Waals surface area contributed by atoms with Crippen molar-refractivity contribution in [3.63, 3.8) is 0 Å². The molecule has 0 amide bonds. The van der Waals surface area contributed by atoms with Crippen LogP contribution in [0.1, 0.15) is 15.9 Å². The first-order valence-electron chi connectivity index (χ1n) is 7.28. The molecule has 0 N–H and O–H groups in total. The maximum absolute atomic E-state index is 12.2. The molecule has 0 aromatic heterocycles. The maximum atomic E-state index is 12.2. The van der Waals surface area contributed by atoms with Gasteiger partial charge in [-0.05, 0) is 54.3 Å². The molecule has 0 heterocycles. The van der Waals surface area contributed by atoms with Gasteiger partial charge in [0.05, 0.1) is 7.11 Å². The quantitative estimate of drug-likeness (QED) is 0.331. The van der Waals surface area contributed by atoms with E-state index >= 15 is 0 Å². The zero-order valence-electron chi connectivity index (χ0n) is 13.5. The molecule has 0 radical (unpaired) electrons. The third-order valence-corrected chi connectivity index (χ3v) is 4.01. The van der Waals surface area contributed by atoms with E-state index in [0.29, 0.717) is 11.3 Å². The zero-order valence-corrected chi connectivity index (χ0v) is 14.3. The van der Waals surface area contributed by atoms with Crippen molar-refractivity contribution in [3.8, 4) is 5.75 Å². The third kappa shape index (κ3) is 5.28. The monoisotopic (exact) mass is 342 g/mol. The third-order valence-electron chi connectivity index (χ3n) is 3.27. The van der Waals surface area contributed by atoms with E-state index in [2.05, 4.69) is 4.74 Å². The van der Waals surface area contributed by atoms with Crippen LogP contribution in [0.15, 0.2) is 59.5 Å². The molecule has 0 spiro atoms. The standard InChI is InChI=1S/C19H18O4S/c1-22-19(21)13-23-16-8-6-15(7-9-16)18(20)12-5-14-3-10-17(24-2)11-4-14/h3-12H,13H2,1-2H3. The highest BCUT2D eigenvalue weighted by Crippen LogP contribution is 2.16. The Kier molecular flexibility index (Phi) is 6.63. The second-order valence-electron chi connectivity index (χ2n) is 4.86. The molecule has 124 valence electrons. The molecule has 0 aliphatic heterocycles. The van der Waals surface area contributed by atoms with Crippen molar-refractivity contribution in [3.05, 3.63) is 65.7 Å². The molecule has 2 aromatic rings. The average molecular weight is 342 g/mol. The first-order valence-corrected chi connectivity index (χ1v) is 8.51. The highest BCUT2D eigenvalue weighted by molar-refractivity contribution is 7.98. The molecule has 2 rings (SSSR count). The van der Waals surface area contributed by atoms with Gasteiger partial charge in [0.15, 0.2) is 12.4 Å². The van der Waals surface area contributed by atoms with E-state index in [1.807, 2.05) is 30.5 Å². The fourth-order valence-corrected chi connectivity index (χ4v) is 2.31. The summed E-state index contributed by atoms with van der Waals surface area (Å²) in [5.41, 5.74) is 1.52. The normalized spacial score (nSPS) is 10.6. The van der Waals surface area contributed by atoms with Crippen molar-refractivity contribution >= 4 is 29.6 Å². The Morgan fingerprint density at radius 3 is 2.29 bits per heavy atom. The van der Waals surface area contributed by atoms with Gasteiger partial charge in [0.2, 0.25) is 0 Å². The Hall–Kier alpha value is -2.53. The molecule has 0 atom stereocenters. The predicted octanol–water partition coefficient (Wildman–Crippen LogP) is 3.86. The lowest BCUT2D eigenvalue weighted by Gasteiger charge is -2.05. The van der Waals surface area contributed by atoms with Crippen LogP contribution in [0.3, 0.4) is 0 Å². The van der Waals surface area contributed by atoms with Gasteiger partial charge >= 0.3 is 5.97 Å². The summed E-state index contributed by atoms with van der Waals surface area (Å²) in [4.78, 5) is 24.3.